The number of hydrogen-bond acceptors (Lipinski definition) is 3. The van der Waals surface area contributed by atoms with E-state index in [0.29, 0.717) is 6.54 Å². The first-order chi connectivity index (χ1) is 10.3. The molecule has 0 saturated heterocycles. The number of amides is 1. The van der Waals surface area contributed by atoms with E-state index in [1.54, 1.807) is 11.3 Å². The molecule has 1 atom stereocenters. The van der Waals surface area contributed by atoms with Gasteiger partial charge in [0.25, 0.3) is 0 Å². The van der Waals surface area contributed by atoms with E-state index in [9.17, 15) is 4.79 Å². The molecule has 1 N–H and O–H groups in total. The first-order valence-electron chi connectivity index (χ1n) is 7.44. The standard InChI is InChI=1S/C18H23NO2S/c1-13(11-19-17(20)21-18(2,3)4)14-5-7-15(8-6-14)16-9-10-22-12-16/h5-10,12-13H,11H2,1-4H3,(H,19,20). The molecule has 0 bridgehead atoms. The lowest BCUT2D eigenvalue weighted by molar-refractivity contribution is 0.0525. The number of rotatable bonds is 4. The van der Waals surface area contributed by atoms with Gasteiger partial charge in [0.15, 0.2) is 0 Å². The number of thiophene rings is 1. The maximum Gasteiger partial charge on any atom is 0.407 e. The van der Waals surface area contributed by atoms with Gasteiger partial charge in [0.1, 0.15) is 5.60 Å². The second-order valence-corrected chi connectivity index (χ2v) is 7.20. The van der Waals surface area contributed by atoms with Crippen LogP contribution in [0.15, 0.2) is 41.1 Å². The summed E-state index contributed by atoms with van der Waals surface area (Å²) >= 11 is 1.70. The molecule has 0 aliphatic heterocycles. The summed E-state index contributed by atoms with van der Waals surface area (Å²) in [5.41, 5.74) is 3.21. The third-order valence-corrected chi connectivity index (χ3v) is 3.97. The predicted molar refractivity (Wildman–Crippen MR) is 92.4 cm³/mol. The fourth-order valence-corrected chi connectivity index (χ4v) is 2.77. The summed E-state index contributed by atoms with van der Waals surface area (Å²) in [4.78, 5) is 11.7. The molecule has 118 valence electrons. The van der Waals surface area contributed by atoms with E-state index in [2.05, 4.69) is 53.3 Å². The van der Waals surface area contributed by atoms with E-state index in [1.165, 1.54) is 16.7 Å². The van der Waals surface area contributed by atoms with Crippen LogP contribution in [0.2, 0.25) is 0 Å². The van der Waals surface area contributed by atoms with Crippen LogP contribution in [0.1, 0.15) is 39.2 Å². The van der Waals surface area contributed by atoms with Gasteiger partial charge in [-0.2, -0.15) is 11.3 Å². The van der Waals surface area contributed by atoms with Crippen LogP contribution in [0.4, 0.5) is 4.79 Å². The van der Waals surface area contributed by atoms with Crippen molar-refractivity contribution in [1.82, 2.24) is 5.32 Å². The summed E-state index contributed by atoms with van der Waals surface area (Å²) in [5.74, 6) is 0.240. The summed E-state index contributed by atoms with van der Waals surface area (Å²) in [6.07, 6.45) is -0.366. The van der Waals surface area contributed by atoms with Crippen molar-refractivity contribution in [1.29, 1.82) is 0 Å². The normalized spacial score (nSPS) is 12.7. The zero-order chi connectivity index (χ0) is 16.2. The van der Waals surface area contributed by atoms with Gasteiger partial charge in [-0.25, -0.2) is 4.79 Å². The Morgan fingerprint density at radius 3 is 2.41 bits per heavy atom. The smallest absolute Gasteiger partial charge is 0.407 e. The molecule has 1 aromatic heterocycles. The Hall–Kier alpha value is -1.81. The summed E-state index contributed by atoms with van der Waals surface area (Å²) in [7, 11) is 0. The highest BCUT2D eigenvalue weighted by atomic mass is 32.1. The molecule has 3 nitrogen and oxygen atoms in total. The largest absolute Gasteiger partial charge is 0.444 e. The van der Waals surface area contributed by atoms with Crippen LogP contribution in [0.5, 0.6) is 0 Å². The molecular formula is C18H23NO2S. The molecule has 0 saturated carbocycles. The van der Waals surface area contributed by atoms with Gasteiger partial charge in [-0.1, -0.05) is 31.2 Å². The Labute approximate surface area is 136 Å². The molecule has 0 aliphatic rings. The number of benzene rings is 1. The van der Waals surface area contributed by atoms with Crippen molar-refractivity contribution in [3.05, 3.63) is 46.7 Å². The molecule has 1 unspecified atom stereocenters. The molecule has 22 heavy (non-hydrogen) atoms. The van der Waals surface area contributed by atoms with Crippen LogP contribution >= 0.6 is 11.3 Å². The van der Waals surface area contributed by atoms with Crippen LogP contribution in [0.25, 0.3) is 11.1 Å². The molecule has 1 heterocycles. The summed E-state index contributed by atoms with van der Waals surface area (Å²) in [6.45, 7) is 8.24. The molecule has 0 radical (unpaired) electrons. The van der Waals surface area contributed by atoms with Gasteiger partial charge in [-0.15, -0.1) is 0 Å². The predicted octanol–water partition coefficient (Wildman–Crippen LogP) is 5.04. The fourth-order valence-electron chi connectivity index (χ4n) is 2.10. The van der Waals surface area contributed by atoms with E-state index >= 15 is 0 Å². The fraction of sp³-hybridized carbons (Fsp3) is 0.389. The van der Waals surface area contributed by atoms with Crippen LogP contribution in [0, 0.1) is 0 Å². The maximum absolute atomic E-state index is 11.7. The maximum atomic E-state index is 11.7. The molecule has 2 aromatic rings. The highest BCUT2D eigenvalue weighted by Crippen LogP contribution is 2.24. The Balaban J connectivity index is 1.90. The minimum atomic E-state index is -0.463. The van der Waals surface area contributed by atoms with Crippen LogP contribution in [0.3, 0.4) is 0 Å². The molecule has 4 heteroatoms. The van der Waals surface area contributed by atoms with E-state index in [4.69, 9.17) is 4.74 Å². The van der Waals surface area contributed by atoms with Crippen molar-refractivity contribution in [2.75, 3.05) is 6.54 Å². The molecule has 2 rings (SSSR count). The average Bonchev–Trinajstić information content (AvgIpc) is 2.97. The quantitative estimate of drug-likeness (QED) is 0.857. The van der Waals surface area contributed by atoms with Crippen LogP contribution in [-0.4, -0.2) is 18.2 Å². The van der Waals surface area contributed by atoms with Gasteiger partial charge in [0, 0.05) is 6.54 Å². The lowest BCUT2D eigenvalue weighted by Gasteiger charge is -2.21. The second kappa shape index (κ2) is 6.97. The first kappa shape index (κ1) is 16.6. The Morgan fingerprint density at radius 1 is 1.18 bits per heavy atom. The topological polar surface area (TPSA) is 38.3 Å². The number of ether oxygens (including phenoxy) is 1. The van der Waals surface area contributed by atoms with E-state index in [-0.39, 0.29) is 12.0 Å². The van der Waals surface area contributed by atoms with E-state index in [0.717, 1.165) is 0 Å². The number of alkyl carbamates (subject to hydrolysis) is 1. The number of carbonyl (C=O) groups is 1. The Kier molecular flexibility index (Phi) is 5.24. The minimum Gasteiger partial charge on any atom is -0.444 e. The molecular weight excluding hydrogens is 294 g/mol. The van der Waals surface area contributed by atoms with Crippen LogP contribution in [-0.2, 0) is 4.74 Å². The van der Waals surface area contributed by atoms with Crippen LogP contribution < -0.4 is 5.32 Å². The summed E-state index contributed by atoms with van der Waals surface area (Å²) in [6, 6.07) is 10.6. The molecule has 0 fully saturated rings. The van der Waals surface area contributed by atoms with Gasteiger partial charge in [-0.05, 0) is 60.2 Å². The lowest BCUT2D eigenvalue weighted by Crippen LogP contribution is -2.34. The zero-order valence-electron chi connectivity index (χ0n) is 13.6. The zero-order valence-corrected chi connectivity index (χ0v) is 14.4. The Morgan fingerprint density at radius 2 is 1.86 bits per heavy atom. The number of nitrogens with one attached hydrogen (secondary N) is 1. The third kappa shape index (κ3) is 4.88. The van der Waals surface area contributed by atoms with E-state index in [1.807, 2.05) is 20.8 Å². The van der Waals surface area contributed by atoms with E-state index < -0.39 is 5.60 Å². The van der Waals surface area contributed by atoms with Gasteiger partial charge in [0.2, 0.25) is 0 Å². The van der Waals surface area contributed by atoms with Crippen molar-refractivity contribution in [2.24, 2.45) is 0 Å². The van der Waals surface area contributed by atoms with Crippen molar-refractivity contribution < 1.29 is 9.53 Å². The highest BCUT2D eigenvalue weighted by molar-refractivity contribution is 7.08. The first-order valence-corrected chi connectivity index (χ1v) is 8.39. The van der Waals surface area contributed by atoms with Crippen molar-refractivity contribution in [3.63, 3.8) is 0 Å². The summed E-state index contributed by atoms with van der Waals surface area (Å²) in [5, 5.41) is 7.04. The number of carbonyl (C=O) groups excluding carboxylic acids is 1. The van der Waals surface area contributed by atoms with Gasteiger partial charge in [0.05, 0.1) is 0 Å². The molecule has 1 amide bonds. The van der Waals surface area contributed by atoms with Crippen molar-refractivity contribution in [2.45, 2.75) is 39.2 Å². The lowest BCUT2D eigenvalue weighted by atomic mass is 9.98. The molecule has 0 aliphatic carbocycles. The Bertz CT molecular complexity index is 597. The van der Waals surface area contributed by atoms with Gasteiger partial charge < -0.3 is 10.1 Å². The van der Waals surface area contributed by atoms with Gasteiger partial charge >= 0.3 is 6.09 Å². The van der Waals surface area contributed by atoms with Crippen molar-refractivity contribution in [3.8, 4) is 11.1 Å². The second-order valence-electron chi connectivity index (χ2n) is 6.42. The van der Waals surface area contributed by atoms with Crippen molar-refractivity contribution >= 4 is 17.4 Å². The summed E-state index contributed by atoms with van der Waals surface area (Å²) < 4.78 is 5.24. The van der Waals surface area contributed by atoms with Gasteiger partial charge in [-0.3, -0.25) is 0 Å². The monoisotopic (exact) mass is 317 g/mol. The molecule has 0 spiro atoms. The third-order valence-electron chi connectivity index (χ3n) is 3.29. The average molecular weight is 317 g/mol. The SMILES string of the molecule is CC(CNC(=O)OC(C)(C)C)c1ccc(-c2ccsc2)cc1. The molecule has 1 aromatic carbocycles. The number of hydrogen-bond donors (Lipinski definition) is 1. The highest BCUT2D eigenvalue weighted by Gasteiger charge is 2.16. The minimum absolute atomic E-state index is 0.240.